The molecule has 0 aliphatic carbocycles. The van der Waals surface area contributed by atoms with Gasteiger partial charge >= 0.3 is 12.1 Å². The number of halogens is 3. The van der Waals surface area contributed by atoms with Crippen LogP contribution in [-0.4, -0.2) is 65.8 Å². The first kappa shape index (κ1) is 14.1. The van der Waals surface area contributed by atoms with Gasteiger partial charge in [0, 0.05) is 25.7 Å². The topological polar surface area (TPSA) is 43.8 Å². The highest BCUT2D eigenvalue weighted by atomic mass is 19.4. The van der Waals surface area contributed by atoms with Crippen LogP contribution < -0.4 is 0 Å². The Morgan fingerprint density at radius 2 is 1.85 bits per heavy atom. The minimum atomic E-state index is -4.68. The van der Waals surface area contributed by atoms with Crippen LogP contribution in [0.15, 0.2) is 0 Å². The van der Waals surface area contributed by atoms with E-state index in [0.717, 1.165) is 32.5 Å². The van der Waals surface area contributed by atoms with Gasteiger partial charge in [-0.3, -0.25) is 9.69 Å². The maximum Gasteiger partial charge on any atom is 0.406 e. The molecule has 0 saturated carbocycles. The molecule has 4 heterocycles. The third-order valence-electron chi connectivity index (χ3n) is 5.34. The summed E-state index contributed by atoms with van der Waals surface area (Å²) >= 11 is 0. The Balaban J connectivity index is 1.77. The number of carboxylic acids is 1. The van der Waals surface area contributed by atoms with E-state index in [1.807, 2.05) is 0 Å². The lowest BCUT2D eigenvalue weighted by Gasteiger charge is -2.48. The van der Waals surface area contributed by atoms with Crippen LogP contribution >= 0.6 is 0 Å². The van der Waals surface area contributed by atoms with Gasteiger partial charge in [-0.15, -0.1) is 0 Å². The number of carboxylic acid groups (broad SMARTS) is 1. The van der Waals surface area contributed by atoms with Gasteiger partial charge in [-0.25, -0.2) is 0 Å². The number of likely N-dealkylation sites (tertiary alicyclic amines) is 1. The van der Waals surface area contributed by atoms with E-state index >= 15 is 0 Å². The molecule has 4 saturated heterocycles. The number of fused-ring (bicyclic) bond motifs is 3. The molecule has 0 aromatic carbocycles. The molecule has 2 unspecified atom stereocenters. The summed E-state index contributed by atoms with van der Waals surface area (Å²) in [5, 5.41) is 9.09. The first-order valence-electron chi connectivity index (χ1n) is 7.10. The second-order valence-corrected chi connectivity index (χ2v) is 6.31. The smallest absolute Gasteiger partial charge is 0.406 e. The number of nitrogens with zero attached hydrogens (tertiary/aromatic N) is 2. The quantitative estimate of drug-likeness (QED) is 0.836. The lowest BCUT2D eigenvalue weighted by atomic mass is 9.82. The molecule has 2 bridgehead atoms. The highest BCUT2D eigenvalue weighted by Gasteiger charge is 2.64. The van der Waals surface area contributed by atoms with Crippen LogP contribution in [-0.2, 0) is 4.79 Å². The average molecular weight is 292 g/mol. The monoisotopic (exact) mass is 292 g/mol. The number of carbonyl (C=O) groups is 1. The van der Waals surface area contributed by atoms with Gasteiger partial charge in [0.25, 0.3) is 0 Å². The van der Waals surface area contributed by atoms with E-state index < -0.39 is 17.6 Å². The van der Waals surface area contributed by atoms with E-state index in [1.54, 1.807) is 4.90 Å². The fourth-order valence-corrected chi connectivity index (χ4v) is 4.00. The van der Waals surface area contributed by atoms with Gasteiger partial charge in [-0.05, 0) is 38.3 Å². The third-order valence-corrected chi connectivity index (χ3v) is 5.34. The maximum atomic E-state index is 13.2. The van der Waals surface area contributed by atoms with Crippen LogP contribution in [0.1, 0.15) is 19.3 Å². The second kappa shape index (κ2) is 4.59. The zero-order chi connectivity index (χ0) is 14.5. The Morgan fingerprint density at radius 3 is 2.25 bits per heavy atom. The van der Waals surface area contributed by atoms with Crippen molar-refractivity contribution in [3.8, 4) is 0 Å². The normalized spacial score (nSPS) is 42.0. The zero-order valence-corrected chi connectivity index (χ0v) is 11.2. The van der Waals surface area contributed by atoms with E-state index in [4.69, 9.17) is 5.11 Å². The summed E-state index contributed by atoms with van der Waals surface area (Å²) in [4.78, 5) is 15.3. The van der Waals surface area contributed by atoms with Crippen molar-refractivity contribution in [2.75, 3.05) is 32.7 Å². The van der Waals surface area contributed by atoms with E-state index in [0.29, 0.717) is 5.92 Å². The van der Waals surface area contributed by atoms with Gasteiger partial charge in [-0.2, -0.15) is 13.2 Å². The van der Waals surface area contributed by atoms with Gasteiger partial charge in [0.05, 0.1) is 0 Å². The predicted octanol–water partition coefficient (Wildman–Crippen LogP) is 1.42. The number of hydrogen-bond acceptors (Lipinski definition) is 3. The van der Waals surface area contributed by atoms with E-state index in [9.17, 15) is 18.0 Å². The molecular formula is C13H19F3N2O2. The molecule has 4 rings (SSSR count). The Hall–Kier alpha value is -0.820. The first-order valence-corrected chi connectivity index (χ1v) is 7.10. The molecule has 7 heteroatoms. The number of rotatable bonds is 2. The van der Waals surface area contributed by atoms with Crippen molar-refractivity contribution in [2.45, 2.75) is 31.5 Å². The molecule has 20 heavy (non-hydrogen) atoms. The summed E-state index contributed by atoms with van der Waals surface area (Å²) < 4.78 is 39.5. The fourth-order valence-electron chi connectivity index (χ4n) is 4.00. The molecule has 0 aromatic rings. The van der Waals surface area contributed by atoms with Crippen LogP contribution in [0.25, 0.3) is 0 Å². The van der Waals surface area contributed by atoms with Crippen molar-refractivity contribution in [3.63, 3.8) is 0 Å². The predicted molar refractivity (Wildman–Crippen MR) is 65.3 cm³/mol. The summed E-state index contributed by atoms with van der Waals surface area (Å²) in [5.74, 6) is -1.30. The van der Waals surface area contributed by atoms with Gasteiger partial charge in [0.15, 0.2) is 5.41 Å². The molecule has 0 radical (unpaired) electrons. The van der Waals surface area contributed by atoms with Gasteiger partial charge in [0.2, 0.25) is 0 Å². The van der Waals surface area contributed by atoms with Gasteiger partial charge in [-0.1, -0.05) is 0 Å². The Kier molecular flexibility index (Phi) is 3.25. The second-order valence-electron chi connectivity index (χ2n) is 6.31. The number of alkyl halides is 3. The third kappa shape index (κ3) is 2.02. The molecule has 0 aromatic heterocycles. The fraction of sp³-hybridized carbons (Fsp3) is 0.923. The largest absolute Gasteiger partial charge is 0.481 e. The summed E-state index contributed by atoms with van der Waals surface area (Å²) in [6.45, 7) is 2.69. The van der Waals surface area contributed by atoms with Crippen molar-refractivity contribution in [2.24, 2.45) is 11.3 Å². The summed E-state index contributed by atoms with van der Waals surface area (Å²) in [6, 6.07) is 0.0982. The number of piperidine rings is 3. The molecule has 114 valence electrons. The summed E-state index contributed by atoms with van der Waals surface area (Å²) in [5.41, 5.74) is -2.57. The lowest BCUT2D eigenvalue weighted by Crippen LogP contribution is -2.58. The van der Waals surface area contributed by atoms with Gasteiger partial charge < -0.3 is 10.0 Å². The summed E-state index contributed by atoms with van der Waals surface area (Å²) in [7, 11) is 0. The molecule has 2 atom stereocenters. The highest BCUT2D eigenvalue weighted by molar-refractivity contribution is 5.76. The van der Waals surface area contributed by atoms with Crippen LogP contribution in [0.4, 0.5) is 13.2 Å². The number of hydrogen-bond donors (Lipinski definition) is 1. The van der Waals surface area contributed by atoms with Crippen LogP contribution in [0.5, 0.6) is 0 Å². The average Bonchev–Trinajstić information content (AvgIpc) is 2.86. The molecule has 4 aliphatic heterocycles. The SMILES string of the molecule is O=C(O)C1(C(F)(F)F)CCN(C2CN3CCC2CC3)C1. The maximum absolute atomic E-state index is 13.2. The van der Waals surface area contributed by atoms with E-state index in [2.05, 4.69) is 4.90 Å². The van der Waals surface area contributed by atoms with Crippen molar-refractivity contribution in [1.82, 2.24) is 9.80 Å². The van der Waals surface area contributed by atoms with Crippen molar-refractivity contribution >= 4 is 5.97 Å². The molecule has 0 amide bonds. The number of aliphatic carboxylic acids is 1. The van der Waals surface area contributed by atoms with E-state index in [-0.39, 0.29) is 25.6 Å². The molecule has 4 fully saturated rings. The Labute approximate surface area is 115 Å². The Bertz CT molecular complexity index is 407. The van der Waals surface area contributed by atoms with Crippen molar-refractivity contribution in [1.29, 1.82) is 0 Å². The minimum Gasteiger partial charge on any atom is -0.481 e. The molecule has 4 nitrogen and oxygen atoms in total. The minimum absolute atomic E-state index is 0.0982. The highest BCUT2D eigenvalue weighted by Crippen LogP contribution is 2.47. The first-order chi connectivity index (χ1) is 9.33. The lowest BCUT2D eigenvalue weighted by molar-refractivity contribution is -0.228. The van der Waals surface area contributed by atoms with Crippen molar-refractivity contribution in [3.05, 3.63) is 0 Å². The standard InChI is InChI=1S/C13H19F3N2O2/c14-13(15,16)12(11(19)20)3-6-18(8-12)10-7-17-4-1-9(10)2-5-17/h9-10H,1-8H2,(H,19,20). The molecule has 4 aliphatic rings. The molecule has 1 N–H and O–H groups in total. The van der Waals surface area contributed by atoms with Crippen molar-refractivity contribution < 1.29 is 23.1 Å². The van der Waals surface area contributed by atoms with Crippen LogP contribution in [0.3, 0.4) is 0 Å². The van der Waals surface area contributed by atoms with Crippen LogP contribution in [0, 0.1) is 11.3 Å². The zero-order valence-electron chi connectivity index (χ0n) is 11.2. The molecule has 0 spiro atoms. The summed E-state index contributed by atoms with van der Waals surface area (Å²) in [6.07, 6.45) is -2.96. The van der Waals surface area contributed by atoms with Gasteiger partial charge in [0.1, 0.15) is 0 Å². The van der Waals surface area contributed by atoms with Crippen LogP contribution in [0.2, 0.25) is 0 Å². The Morgan fingerprint density at radius 1 is 1.20 bits per heavy atom. The molecular weight excluding hydrogens is 273 g/mol. The van der Waals surface area contributed by atoms with E-state index in [1.165, 1.54) is 0 Å².